The first-order chi connectivity index (χ1) is 7.68. The second-order valence-electron chi connectivity index (χ2n) is 3.90. The lowest BCUT2D eigenvalue weighted by Gasteiger charge is -2.31. The standard InChI is InChI=1S/C10H15N5O/c11-9(12)8-1-4-13-14-10(8)15-5-2-7(16)3-6-15/h1,4,7,16H,2-3,5-6H2,(H3,11,12). The summed E-state index contributed by atoms with van der Waals surface area (Å²) in [6, 6.07) is 1.69. The predicted octanol–water partition coefficient (Wildman–Crippen LogP) is -0.278. The number of anilines is 1. The SMILES string of the molecule is N=C(N)c1ccnnc1N1CCC(O)CC1. The summed E-state index contributed by atoms with van der Waals surface area (Å²) in [7, 11) is 0. The van der Waals surface area contributed by atoms with E-state index in [0.717, 1.165) is 13.1 Å². The third kappa shape index (κ3) is 2.11. The highest BCUT2D eigenvalue weighted by Crippen LogP contribution is 2.20. The Morgan fingerprint density at radius 1 is 1.50 bits per heavy atom. The second kappa shape index (κ2) is 4.44. The van der Waals surface area contributed by atoms with Crippen molar-refractivity contribution in [2.75, 3.05) is 18.0 Å². The van der Waals surface area contributed by atoms with Crippen molar-refractivity contribution in [3.8, 4) is 0 Å². The van der Waals surface area contributed by atoms with Gasteiger partial charge in [-0.05, 0) is 18.9 Å². The fourth-order valence-corrected chi connectivity index (χ4v) is 1.85. The molecule has 86 valence electrons. The molecule has 6 heteroatoms. The number of amidine groups is 1. The summed E-state index contributed by atoms with van der Waals surface area (Å²) in [5.74, 6) is 0.637. The number of aliphatic hydroxyl groups is 1. The molecule has 0 atom stereocenters. The molecule has 1 fully saturated rings. The van der Waals surface area contributed by atoms with E-state index < -0.39 is 0 Å². The van der Waals surface area contributed by atoms with Crippen LogP contribution in [0.2, 0.25) is 0 Å². The molecule has 1 aromatic rings. The Hall–Kier alpha value is -1.69. The van der Waals surface area contributed by atoms with E-state index in [9.17, 15) is 5.11 Å². The van der Waals surface area contributed by atoms with Crippen molar-refractivity contribution in [2.45, 2.75) is 18.9 Å². The van der Waals surface area contributed by atoms with Crippen LogP contribution in [0.25, 0.3) is 0 Å². The summed E-state index contributed by atoms with van der Waals surface area (Å²) in [5, 5.41) is 24.7. The molecule has 0 aromatic carbocycles. The van der Waals surface area contributed by atoms with E-state index in [4.69, 9.17) is 11.1 Å². The van der Waals surface area contributed by atoms with Crippen LogP contribution in [-0.2, 0) is 0 Å². The van der Waals surface area contributed by atoms with Gasteiger partial charge < -0.3 is 15.7 Å². The van der Waals surface area contributed by atoms with Crippen LogP contribution in [0.5, 0.6) is 0 Å². The van der Waals surface area contributed by atoms with E-state index in [0.29, 0.717) is 24.2 Å². The van der Waals surface area contributed by atoms with Crippen molar-refractivity contribution in [1.29, 1.82) is 5.41 Å². The van der Waals surface area contributed by atoms with E-state index in [1.165, 1.54) is 6.20 Å². The topological polar surface area (TPSA) is 99.1 Å². The number of hydrogen-bond donors (Lipinski definition) is 3. The average molecular weight is 221 g/mol. The van der Waals surface area contributed by atoms with Crippen LogP contribution in [0.3, 0.4) is 0 Å². The van der Waals surface area contributed by atoms with Crippen LogP contribution >= 0.6 is 0 Å². The summed E-state index contributed by atoms with van der Waals surface area (Å²) in [6.07, 6.45) is 2.73. The Balaban J connectivity index is 2.23. The molecule has 0 unspecified atom stereocenters. The Kier molecular flexibility index (Phi) is 3.00. The van der Waals surface area contributed by atoms with Gasteiger partial charge in [-0.3, -0.25) is 5.41 Å². The second-order valence-corrected chi connectivity index (χ2v) is 3.90. The highest BCUT2D eigenvalue weighted by atomic mass is 16.3. The van der Waals surface area contributed by atoms with Gasteiger partial charge in [0.1, 0.15) is 5.84 Å². The number of nitrogens with zero attached hydrogens (tertiary/aromatic N) is 3. The first-order valence-electron chi connectivity index (χ1n) is 5.27. The van der Waals surface area contributed by atoms with Gasteiger partial charge in [-0.2, -0.15) is 5.10 Å². The number of nitrogen functional groups attached to an aromatic ring is 1. The molecule has 16 heavy (non-hydrogen) atoms. The fraction of sp³-hybridized carbons (Fsp3) is 0.500. The van der Waals surface area contributed by atoms with E-state index in [-0.39, 0.29) is 11.9 Å². The monoisotopic (exact) mass is 221 g/mol. The molecule has 0 saturated carbocycles. The molecule has 1 saturated heterocycles. The normalized spacial score (nSPS) is 17.4. The maximum Gasteiger partial charge on any atom is 0.162 e. The van der Waals surface area contributed by atoms with E-state index >= 15 is 0 Å². The first-order valence-corrected chi connectivity index (χ1v) is 5.27. The number of aliphatic hydroxyl groups excluding tert-OH is 1. The third-order valence-electron chi connectivity index (χ3n) is 2.76. The lowest BCUT2D eigenvalue weighted by Crippen LogP contribution is -2.37. The van der Waals surface area contributed by atoms with Gasteiger partial charge in [-0.25, -0.2) is 0 Å². The smallest absolute Gasteiger partial charge is 0.162 e. The van der Waals surface area contributed by atoms with Crippen molar-refractivity contribution < 1.29 is 5.11 Å². The minimum Gasteiger partial charge on any atom is -0.393 e. The molecule has 0 spiro atoms. The molecule has 6 nitrogen and oxygen atoms in total. The number of rotatable bonds is 2. The summed E-state index contributed by atoms with van der Waals surface area (Å²) in [6.45, 7) is 1.44. The summed E-state index contributed by atoms with van der Waals surface area (Å²) >= 11 is 0. The molecule has 2 heterocycles. The van der Waals surface area contributed by atoms with Crippen molar-refractivity contribution in [1.82, 2.24) is 10.2 Å². The number of aromatic nitrogens is 2. The van der Waals surface area contributed by atoms with Crippen LogP contribution in [0.4, 0.5) is 5.82 Å². The third-order valence-corrected chi connectivity index (χ3v) is 2.76. The van der Waals surface area contributed by atoms with Gasteiger partial charge in [0, 0.05) is 13.1 Å². The molecule has 1 aliphatic heterocycles. The van der Waals surface area contributed by atoms with Gasteiger partial charge in [0.2, 0.25) is 0 Å². The zero-order chi connectivity index (χ0) is 11.5. The van der Waals surface area contributed by atoms with Crippen LogP contribution in [0.1, 0.15) is 18.4 Å². The number of nitrogens with one attached hydrogen (secondary N) is 1. The van der Waals surface area contributed by atoms with Crippen molar-refractivity contribution >= 4 is 11.7 Å². The summed E-state index contributed by atoms with van der Waals surface area (Å²) < 4.78 is 0. The minimum absolute atomic E-state index is 0.00368. The van der Waals surface area contributed by atoms with E-state index in [1.807, 2.05) is 4.90 Å². The minimum atomic E-state index is -0.228. The highest BCUT2D eigenvalue weighted by Gasteiger charge is 2.21. The summed E-state index contributed by atoms with van der Waals surface area (Å²) in [4.78, 5) is 2.01. The van der Waals surface area contributed by atoms with E-state index in [1.54, 1.807) is 6.07 Å². The van der Waals surface area contributed by atoms with Crippen LogP contribution in [0, 0.1) is 5.41 Å². The number of hydrogen-bond acceptors (Lipinski definition) is 5. The molecule has 0 amide bonds. The molecule has 0 radical (unpaired) electrons. The van der Waals surface area contributed by atoms with Gasteiger partial charge in [0.05, 0.1) is 17.9 Å². The average Bonchev–Trinajstić information content (AvgIpc) is 2.30. The van der Waals surface area contributed by atoms with Crippen LogP contribution in [0.15, 0.2) is 12.3 Å². The molecule has 1 aromatic heterocycles. The Labute approximate surface area is 93.6 Å². The van der Waals surface area contributed by atoms with Crippen LogP contribution in [-0.4, -0.2) is 40.3 Å². The largest absolute Gasteiger partial charge is 0.393 e. The Morgan fingerprint density at radius 3 is 2.81 bits per heavy atom. The molecular formula is C10H15N5O. The molecular weight excluding hydrogens is 206 g/mol. The maximum atomic E-state index is 9.42. The van der Waals surface area contributed by atoms with Gasteiger partial charge >= 0.3 is 0 Å². The van der Waals surface area contributed by atoms with Gasteiger partial charge in [0.25, 0.3) is 0 Å². The van der Waals surface area contributed by atoms with Gasteiger partial charge in [0.15, 0.2) is 5.82 Å². The molecule has 0 bridgehead atoms. The molecule has 2 rings (SSSR count). The van der Waals surface area contributed by atoms with E-state index in [2.05, 4.69) is 10.2 Å². The fourth-order valence-electron chi connectivity index (χ4n) is 1.85. The Morgan fingerprint density at radius 2 is 2.19 bits per heavy atom. The molecule has 1 aliphatic rings. The number of piperidine rings is 1. The number of nitrogens with two attached hydrogens (primary N) is 1. The highest BCUT2D eigenvalue weighted by molar-refractivity contribution is 5.99. The van der Waals surface area contributed by atoms with Crippen molar-refractivity contribution in [3.05, 3.63) is 17.8 Å². The molecule has 0 aliphatic carbocycles. The lowest BCUT2D eigenvalue weighted by molar-refractivity contribution is 0.145. The maximum absolute atomic E-state index is 9.42. The van der Waals surface area contributed by atoms with Gasteiger partial charge in [-0.1, -0.05) is 0 Å². The lowest BCUT2D eigenvalue weighted by atomic mass is 10.1. The zero-order valence-corrected chi connectivity index (χ0v) is 8.93. The quantitative estimate of drug-likeness (QED) is 0.471. The van der Waals surface area contributed by atoms with Crippen molar-refractivity contribution in [2.24, 2.45) is 5.73 Å². The first kappa shape index (κ1) is 10.8. The van der Waals surface area contributed by atoms with Crippen LogP contribution < -0.4 is 10.6 Å². The Bertz CT molecular complexity index is 387. The predicted molar refractivity (Wildman–Crippen MR) is 60.5 cm³/mol. The molecule has 4 N–H and O–H groups in total. The van der Waals surface area contributed by atoms with Crippen molar-refractivity contribution in [3.63, 3.8) is 0 Å². The van der Waals surface area contributed by atoms with Gasteiger partial charge in [-0.15, -0.1) is 5.10 Å². The zero-order valence-electron chi connectivity index (χ0n) is 8.93. The summed E-state index contributed by atoms with van der Waals surface area (Å²) in [5.41, 5.74) is 6.09.